The zero-order valence-electron chi connectivity index (χ0n) is 18.0. The Labute approximate surface area is 194 Å². The Morgan fingerprint density at radius 1 is 0.971 bits per heavy atom. The molecule has 166 valence electrons. The molecule has 0 spiro atoms. The zero-order valence-corrected chi connectivity index (χ0v) is 18.0. The van der Waals surface area contributed by atoms with Gasteiger partial charge in [-0.1, -0.05) is 30.4 Å². The molecule has 34 heavy (non-hydrogen) atoms. The summed E-state index contributed by atoms with van der Waals surface area (Å²) in [6.45, 7) is 0. The van der Waals surface area contributed by atoms with Crippen molar-refractivity contribution in [1.29, 1.82) is 0 Å². The Bertz CT molecular complexity index is 1560. The van der Waals surface area contributed by atoms with Crippen LogP contribution in [0.15, 0.2) is 73.1 Å². The lowest BCUT2D eigenvalue weighted by molar-refractivity contribution is 0.478. The molecule has 0 saturated heterocycles. The monoisotopic (exact) mass is 448 g/mol. The third kappa shape index (κ3) is 3.45. The maximum absolute atomic E-state index is 6.22. The number of aromatic nitrogens is 5. The van der Waals surface area contributed by atoms with E-state index in [0.717, 1.165) is 23.5 Å². The summed E-state index contributed by atoms with van der Waals surface area (Å²) < 4.78 is 7.88. The summed E-state index contributed by atoms with van der Waals surface area (Å²) in [6, 6.07) is 17.4. The van der Waals surface area contributed by atoms with Gasteiger partial charge in [-0.15, -0.1) is 5.10 Å². The Balaban J connectivity index is 1.37. The van der Waals surface area contributed by atoms with Crippen LogP contribution in [0, 0.1) is 0 Å². The Kier molecular flexibility index (Phi) is 4.58. The van der Waals surface area contributed by atoms with Crippen LogP contribution in [0.5, 0.6) is 11.5 Å². The van der Waals surface area contributed by atoms with Gasteiger partial charge in [-0.3, -0.25) is 4.98 Å². The Hall–Kier alpha value is -4.92. The van der Waals surface area contributed by atoms with Crippen molar-refractivity contribution in [2.24, 2.45) is 0 Å². The van der Waals surface area contributed by atoms with E-state index >= 15 is 0 Å². The third-order valence-electron chi connectivity index (χ3n) is 5.59. The summed E-state index contributed by atoms with van der Waals surface area (Å²) in [6.07, 6.45) is 8.48. The molecule has 0 saturated carbocycles. The van der Waals surface area contributed by atoms with Crippen molar-refractivity contribution in [3.8, 4) is 17.2 Å². The smallest absolute Gasteiger partial charge is 0.224 e. The van der Waals surface area contributed by atoms with Gasteiger partial charge in [0.2, 0.25) is 5.95 Å². The van der Waals surface area contributed by atoms with E-state index in [1.54, 1.807) is 17.1 Å². The molecule has 0 unspecified atom stereocenters. The minimum atomic E-state index is 0.0760. The number of fused-ring (bicyclic) bond motifs is 2. The number of nitrogens with two attached hydrogens (primary N) is 2. The van der Waals surface area contributed by atoms with Crippen molar-refractivity contribution in [3.05, 3.63) is 84.2 Å². The van der Waals surface area contributed by atoms with E-state index in [1.165, 1.54) is 11.1 Å². The molecule has 5 aromatic rings. The minimum absolute atomic E-state index is 0.0760. The average Bonchev–Trinajstić information content (AvgIpc) is 3.46. The highest BCUT2D eigenvalue weighted by atomic mass is 16.5. The molecule has 9 nitrogen and oxygen atoms in total. The van der Waals surface area contributed by atoms with E-state index in [1.807, 2.05) is 48.5 Å². The molecule has 0 bridgehead atoms. The van der Waals surface area contributed by atoms with E-state index in [4.69, 9.17) is 21.3 Å². The van der Waals surface area contributed by atoms with Crippen LogP contribution in [0.25, 0.3) is 22.8 Å². The summed E-state index contributed by atoms with van der Waals surface area (Å²) in [5.74, 6) is 2.38. The molecule has 6 rings (SSSR count). The van der Waals surface area contributed by atoms with Crippen LogP contribution in [-0.2, 0) is 6.42 Å². The lowest BCUT2D eigenvalue weighted by atomic mass is 10.1. The molecule has 2 aromatic carbocycles. The molecule has 1 aliphatic carbocycles. The average molecular weight is 448 g/mol. The normalized spacial score (nSPS) is 12.1. The van der Waals surface area contributed by atoms with Crippen LogP contribution < -0.4 is 21.5 Å². The maximum atomic E-state index is 6.22. The zero-order chi connectivity index (χ0) is 23.1. The number of allylic oxidation sites excluding steroid dienone is 1. The maximum Gasteiger partial charge on any atom is 0.224 e. The van der Waals surface area contributed by atoms with Crippen molar-refractivity contribution in [3.63, 3.8) is 0 Å². The van der Waals surface area contributed by atoms with Crippen LogP contribution in [0.1, 0.15) is 11.1 Å². The minimum Gasteiger partial charge on any atom is -0.457 e. The molecule has 3 aromatic heterocycles. The molecule has 5 N–H and O–H groups in total. The van der Waals surface area contributed by atoms with Gasteiger partial charge in [0.15, 0.2) is 11.5 Å². The Morgan fingerprint density at radius 2 is 1.82 bits per heavy atom. The van der Waals surface area contributed by atoms with Gasteiger partial charge >= 0.3 is 0 Å². The van der Waals surface area contributed by atoms with Gasteiger partial charge in [-0.05, 0) is 42.3 Å². The lowest BCUT2D eigenvalue weighted by Crippen LogP contribution is -2.03. The first-order valence-corrected chi connectivity index (χ1v) is 10.7. The number of ether oxygens (including phenoxy) is 1. The summed E-state index contributed by atoms with van der Waals surface area (Å²) in [7, 11) is 0. The molecule has 1 aliphatic rings. The van der Waals surface area contributed by atoms with Crippen LogP contribution in [0.2, 0.25) is 0 Å². The van der Waals surface area contributed by atoms with E-state index < -0.39 is 0 Å². The van der Waals surface area contributed by atoms with Crippen LogP contribution >= 0.6 is 0 Å². The lowest BCUT2D eigenvalue weighted by Gasteiger charge is -2.12. The second kappa shape index (κ2) is 7.89. The van der Waals surface area contributed by atoms with Gasteiger partial charge in [0, 0.05) is 29.7 Å². The van der Waals surface area contributed by atoms with Crippen molar-refractivity contribution in [2.75, 3.05) is 16.8 Å². The number of hydrogen-bond donors (Lipinski definition) is 3. The topological polar surface area (TPSA) is 130 Å². The third-order valence-corrected chi connectivity index (χ3v) is 5.59. The highest BCUT2D eigenvalue weighted by Gasteiger charge is 2.19. The van der Waals surface area contributed by atoms with Gasteiger partial charge in [0.1, 0.15) is 22.7 Å². The second-order valence-corrected chi connectivity index (χ2v) is 7.82. The fourth-order valence-corrected chi connectivity index (χ4v) is 4.07. The predicted molar refractivity (Wildman–Crippen MR) is 132 cm³/mol. The fraction of sp³-hybridized carbons (Fsp3) is 0.0400. The molecular formula is C25H20N8O. The van der Waals surface area contributed by atoms with Crippen molar-refractivity contribution in [2.45, 2.75) is 6.42 Å². The van der Waals surface area contributed by atoms with E-state index in [9.17, 15) is 0 Å². The molecule has 0 atom stereocenters. The van der Waals surface area contributed by atoms with Crippen molar-refractivity contribution in [1.82, 2.24) is 24.7 Å². The van der Waals surface area contributed by atoms with Gasteiger partial charge in [0.05, 0.1) is 5.69 Å². The molecule has 0 amide bonds. The van der Waals surface area contributed by atoms with Gasteiger partial charge in [0.25, 0.3) is 0 Å². The van der Waals surface area contributed by atoms with Gasteiger partial charge in [-0.2, -0.15) is 9.97 Å². The van der Waals surface area contributed by atoms with Crippen molar-refractivity contribution >= 4 is 40.4 Å². The number of nitrogens with one attached hydrogen (secondary N) is 1. The SMILES string of the molecule is Nc1nc(N)c2c(Nc3cccc(Oc4cccc5c4CC=C5)c3)nn(-c3ccncc3)c2n1. The number of nitrogens with zero attached hydrogens (tertiary/aromatic N) is 5. The highest BCUT2D eigenvalue weighted by Crippen LogP contribution is 2.35. The quantitative estimate of drug-likeness (QED) is 0.359. The van der Waals surface area contributed by atoms with Crippen molar-refractivity contribution < 1.29 is 4.74 Å². The van der Waals surface area contributed by atoms with Gasteiger partial charge < -0.3 is 21.5 Å². The summed E-state index contributed by atoms with van der Waals surface area (Å²) in [5, 5.41) is 8.62. The number of anilines is 4. The fourth-order valence-electron chi connectivity index (χ4n) is 4.07. The second-order valence-electron chi connectivity index (χ2n) is 7.82. The summed E-state index contributed by atoms with van der Waals surface area (Å²) in [4.78, 5) is 12.6. The number of hydrogen-bond acceptors (Lipinski definition) is 8. The first kappa shape index (κ1) is 19.7. The molecule has 0 radical (unpaired) electrons. The number of benzene rings is 2. The number of nitrogen functional groups attached to an aromatic ring is 2. The number of pyridine rings is 1. The summed E-state index contributed by atoms with van der Waals surface area (Å²) >= 11 is 0. The van der Waals surface area contributed by atoms with Crippen LogP contribution in [0.4, 0.5) is 23.3 Å². The molecule has 0 aliphatic heterocycles. The summed E-state index contributed by atoms with van der Waals surface area (Å²) in [5.41, 5.74) is 16.5. The molecule has 3 heterocycles. The van der Waals surface area contributed by atoms with Gasteiger partial charge in [-0.25, -0.2) is 4.68 Å². The standard InChI is InChI=1S/C25H20N8O/c26-22-21-23(32-33(17-10-12-28-13-11-17)24(21)31-25(27)30-22)29-16-6-3-7-18(14-16)34-20-9-2-5-15-4-1-8-19(15)20/h1-7,9-14H,8H2,(H,29,32)(H4,26,27,30,31). The largest absolute Gasteiger partial charge is 0.457 e. The van der Waals surface area contributed by atoms with E-state index in [-0.39, 0.29) is 11.8 Å². The first-order chi connectivity index (χ1) is 16.7. The van der Waals surface area contributed by atoms with Crippen LogP contribution in [-0.4, -0.2) is 24.7 Å². The Morgan fingerprint density at radius 3 is 2.71 bits per heavy atom. The molecular weight excluding hydrogens is 428 g/mol. The first-order valence-electron chi connectivity index (χ1n) is 10.7. The highest BCUT2D eigenvalue weighted by molar-refractivity contribution is 5.98. The van der Waals surface area contributed by atoms with E-state index in [2.05, 4.69) is 38.5 Å². The van der Waals surface area contributed by atoms with E-state index in [0.29, 0.717) is 22.6 Å². The molecule has 9 heteroatoms. The number of rotatable bonds is 5. The van der Waals surface area contributed by atoms with Crippen LogP contribution in [0.3, 0.4) is 0 Å². The predicted octanol–water partition coefficient (Wildman–Crippen LogP) is 4.48. The molecule has 0 fully saturated rings.